The second kappa shape index (κ2) is 7.11. The van der Waals surface area contributed by atoms with E-state index in [-0.39, 0.29) is 6.03 Å². The maximum Gasteiger partial charge on any atom is 0.321 e. The smallest absolute Gasteiger partial charge is 0.321 e. The van der Waals surface area contributed by atoms with E-state index < -0.39 is 0 Å². The van der Waals surface area contributed by atoms with Crippen LogP contribution in [-0.4, -0.2) is 42.1 Å². The lowest BCUT2D eigenvalue weighted by Crippen LogP contribution is -2.50. The van der Waals surface area contributed by atoms with Crippen molar-refractivity contribution in [1.29, 1.82) is 0 Å². The number of nitrogens with two attached hydrogens (primary N) is 1. The van der Waals surface area contributed by atoms with Gasteiger partial charge in [-0.3, -0.25) is 0 Å². The van der Waals surface area contributed by atoms with Crippen molar-refractivity contribution < 1.29 is 4.79 Å². The molecule has 23 heavy (non-hydrogen) atoms. The molecule has 1 saturated heterocycles. The predicted molar refractivity (Wildman–Crippen MR) is 91.4 cm³/mol. The third-order valence-corrected chi connectivity index (χ3v) is 3.98. The van der Waals surface area contributed by atoms with Crippen molar-refractivity contribution in [3.63, 3.8) is 0 Å². The Kier molecular flexibility index (Phi) is 4.73. The van der Waals surface area contributed by atoms with Crippen molar-refractivity contribution in [2.45, 2.75) is 6.54 Å². The molecule has 2 heterocycles. The molecule has 3 rings (SSSR count). The van der Waals surface area contributed by atoms with Gasteiger partial charge in [0.1, 0.15) is 5.82 Å². The molecule has 6 nitrogen and oxygen atoms in total. The number of urea groups is 1. The summed E-state index contributed by atoms with van der Waals surface area (Å²) in [6, 6.07) is 13.4. The van der Waals surface area contributed by atoms with Gasteiger partial charge in [0.2, 0.25) is 0 Å². The molecular formula is C17H21N5O. The van der Waals surface area contributed by atoms with Crippen LogP contribution in [0.5, 0.6) is 0 Å². The summed E-state index contributed by atoms with van der Waals surface area (Å²) in [6.07, 6.45) is 1.79. The molecule has 2 aromatic rings. The van der Waals surface area contributed by atoms with Gasteiger partial charge in [0.15, 0.2) is 0 Å². The number of benzene rings is 1. The molecule has 0 aliphatic carbocycles. The molecule has 1 aliphatic heterocycles. The molecule has 6 heteroatoms. The number of pyridine rings is 1. The summed E-state index contributed by atoms with van der Waals surface area (Å²) < 4.78 is 0. The van der Waals surface area contributed by atoms with Crippen LogP contribution in [0, 0.1) is 0 Å². The first kappa shape index (κ1) is 15.3. The molecule has 1 aliphatic rings. The van der Waals surface area contributed by atoms with Crippen LogP contribution in [0.3, 0.4) is 0 Å². The third kappa shape index (κ3) is 3.78. The maximum atomic E-state index is 12.3. The predicted octanol–water partition coefficient (Wildman–Crippen LogP) is 1.89. The molecule has 0 spiro atoms. The summed E-state index contributed by atoms with van der Waals surface area (Å²) in [5.41, 5.74) is 7.41. The molecule has 2 amide bonds. The summed E-state index contributed by atoms with van der Waals surface area (Å²) in [7, 11) is 0. The Labute approximate surface area is 135 Å². The number of piperazine rings is 1. The van der Waals surface area contributed by atoms with Crippen LogP contribution in [0.25, 0.3) is 0 Å². The van der Waals surface area contributed by atoms with Gasteiger partial charge >= 0.3 is 6.03 Å². The minimum Gasteiger partial charge on any atom is -0.353 e. The molecule has 0 unspecified atom stereocenters. The minimum atomic E-state index is -0.0637. The summed E-state index contributed by atoms with van der Waals surface area (Å²) in [4.78, 5) is 20.7. The summed E-state index contributed by atoms with van der Waals surface area (Å²) in [6.45, 7) is 3.45. The van der Waals surface area contributed by atoms with Crippen molar-refractivity contribution in [2.24, 2.45) is 5.73 Å². The summed E-state index contributed by atoms with van der Waals surface area (Å²) >= 11 is 0. The number of carbonyl (C=O) groups is 1. The van der Waals surface area contributed by atoms with Gasteiger partial charge in [0.05, 0.1) is 0 Å². The largest absolute Gasteiger partial charge is 0.353 e. The Morgan fingerprint density at radius 2 is 1.83 bits per heavy atom. The van der Waals surface area contributed by atoms with Gasteiger partial charge in [0.25, 0.3) is 0 Å². The molecule has 1 aromatic carbocycles. The van der Waals surface area contributed by atoms with Crippen LogP contribution in [0.4, 0.5) is 16.3 Å². The summed E-state index contributed by atoms with van der Waals surface area (Å²) in [5, 5.41) is 2.93. The quantitative estimate of drug-likeness (QED) is 0.908. The van der Waals surface area contributed by atoms with Gasteiger partial charge in [0, 0.05) is 44.6 Å². The lowest BCUT2D eigenvalue weighted by atomic mass is 10.2. The average Bonchev–Trinajstić information content (AvgIpc) is 2.63. The molecule has 0 bridgehead atoms. The normalized spacial score (nSPS) is 14.7. The number of aromatic nitrogens is 1. The van der Waals surface area contributed by atoms with Crippen molar-refractivity contribution in [2.75, 3.05) is 36.4 Å². The molecule has 0 atom stereocenters. The zero-order valence-corrected chi connectivity index (χ0v) is 13.0. The molecule has 0 radical (unpaired) electrons. The SMILES string of the molecule is NCc1ccc(NC(=O)N2CCN(c3ccccn3)CC2)cc1. The van der Waals surface area contributed by atoms with Crippen molar-refractivity contribution in [3.05, 3.63) is 54.2 Å². The highest BCUT2D eigenvalue weighted by Gasteiger charge is 2.21. The molecule has 1 aromatic heterocycles. The monoisotopic (exact) mass is 311 g/mol. The van der Waals surface area contributed by atoms with E-state index in [0.29, 0.717) is 19.6 Å². The third-order valence-electron chi connectivity index (χ3n) is 3.98. The highest BCUT2D eigenvalue weighted by molar-refractivity contribution is 5.89. The first-order valence-corrected chi connectivity index (χ1v) is 7.77. The molecule has 1 fully saturated rings. The van der Waals surface area contributed by atoms with E-state index in [4.69, 9.17) is 5.73 Å². The van der Waals surface area contributed by atoms with Crippen LogP contribution in [-0.2, 0) is 6.54 Å². The summed E-state index contributed by atoms with van der Waals surface area (Å²) in [5.74, 6) is 0.963. The molecular weight excluding hydrogens is 290 g/mol. The van der Waals surface area contributed by atoms with E-state index in [2.05, 4.69) is 15.2 Å². The van der Waals surface area contributed by atoms with Gasteiger partial charge in [-0.1, -0.05) is 18.2 Å². The number of nitrogens with one attached hydrogen (secondary N) is 1. The van der Waals surface area contributed by atoms with Gasteiger partial charge in [-0.05, 0) is 29.8 Å². The van der Waals surface area contributed by atoms with Crippen molar-refractivity contribution in [3.8, 4) is 0 Å². The van der Waals surface area contributed by atoms with Crippen LogP contribution in [0.15, 0.2) is 48.7 Å². The van der Waals surface area contributed by atoms with E-state index in [1.807, 2.05) is 47.4 Å². The highest BCUT2D eigenvalue weighted by atomic mass is 16.2. The van der Waals surface area contributed by atoms with E-state index in [1.165, 1.54) is 0 Å². The standard InChI is InChI=1S/C17H21N5O/c18-13-14-4-6-15(7-5-14)20-17(23)22-11-9-21(10-12-22)16-3-1-2-8-19-16/h1-8H,9-13,18H2,(H,20,23). The van der Waals surface area contributed by atoms with Crippen LogP contribution in [0.2, 0.25) is 0 Å². The number of hydrogen-bond acceptors (Lipinski definition) is 4. The van der Waals surface area contributed by atoms with Crippen LogP contribution >= 0.6 is 0 Å². The van der Waals surface area contributed by atoms with E-state index in [1.54, 1.807) is 6.20 Å². The number of rotatable bonds is 3. The first-order valence-electron chi connectivity index (χ1n) is 7.77. The van der Waals surface area contributed by atoms with Gasteiger partial charge < -0.3 is 20.9 Å². The lowest BCUT2D eigenvalue weighted by molar-refractivity contribution is 0.208. The number of amides is 2. The number of nitrogens with zero attached hydrogens (tertiary/aromatic N) is 3. The van der Waals surface area contributed by atoms with E-state index in [9.17, 15) is 4.79 Å². The zero-order valence-electron chi connectivity index (χ0n) is 13.0. The fourth-order valence-electron chi connectivity index (χ4n) is 2.61. The number of anilines is 2. The van der Waals surface area contributed by atoms with Crippen molar-refractivity contribution >= 4 is 17.5 Å². The fraction of sp³-hybridized carbons (Fsp3) is 0.294. The second-order valence-electron chi connectivity index (χ2n) is 5.49. The molecule has 0 saturated carbocycles. The van der Waals surface area contributed by atoms with E-state index >= 15 is 0 Å². The topological polar surface area (TPSA) is 74.5 Å². The van der Waals surface area contributed by atoms with Gasteiger partial charge in [-0.15, -0.1) is 0 Å². The zero-order chi connectivity index (χ0) is 16.1. The molecule has 120 valence electrons. The Morgan fingerprint density at radius 3 is 2.43 bits per heavy atom. The highest BCUT2D eigenvalue weighted by Crippen LogP contribution is 2.14. The molecule has 3 N–H and O–H groups in total. The Hall–Kier alpha value is -2.60. The number of carbonyl (C=O) groups excluding carboxylic acids is 1. The van der Waals surface area contributed by atoms with Gasteiger partial charge in [-0.25, -0.2) is 9.78 Å². The maximum absolute atomic E-state index is 12.3. The van der Waals surface area contributed by atoms with E-state index in [0.717, 1.165) is 30.2 Å². The Bertz CT molecular complexity index is 636. The lowest BCUT2D eigenvalue weighted by Gasteiger charge is -2.35. The van der Waals surface area contributed by atoms with Gasteiger partial charge in [-0.2, -0.15) is 0 Å². The first-order chi connectivity index (χ1) is 11.3. The van der Waals surface area contributed by atoms with Crippen LogP contribution in [0.1, 0.15) is 5.56 Å². The average molecular weight is 311 g/mol. The van der Waals surface area contributed by atoms with Crippen LogP contribution < -0.4 is 16.0 Å². The fourth-order valence-corrected chi connectivity index (χ4v) is 2.61. The van der Waals surface area contributed by atoms with Crippen molar-refractivity contribution in [1.82, 2.24) is 9.88 Å². The Balaban J connectivity index is 1.53. The second-order valence-corrected chi connectivity index (χ2v) is 5.49. The number of hydrogen-bond donors (Lipinski definition) is 2. The minimum absolute atomic E-state index is 0.0637. The Morgan fingerprint density at radius 1 is 1.09 bits per heavy atom.